The lowest BCUT2D eigenvalue weighted by Crippen LogP contribution is -2.25. The van der Waals surface area contributed by atoms with Gasteiger partial charge in [-0.1, -0.05) is 19.3 Å². The van der Waals surface area contributed by atoms with Crippen molar-refractivity contribution in [2.24, 2.45) is 5.92 Å². The first-order valence-corrected chi connectivity index (χ1v) is 10.4. The second-order valence-electron chi connectivity index (χ2n) is 7.63. The van der Waals surface area contributed by atoms with Crippen LogP contribution in [0.1, 0.15) is 38.0 Å². The summed E-state index contributed by atoms with van der Waals surface area (Å²) in [5.41, 5.74) is 2.26. The van der Waals surface area contributed by atoms with E-state index < -0.39 is 0 Å². The van der Waals surface area contributed by atoms with Gasteiger partial charge in [-0.25, -0.2) is 15.0 Å². The van der Waals surface area contributed by atoms with E-state index in [0.717, 1.165) is 42.3 Å². The van der Waals surface area contributed by atoms with Crippen LogP contribution in [0.15, 0.2) is 28.9 Å². The fourth-order valence-electron chi connectivity index (χ4n) is 3.82. The molecule has 1 aliphatic rings. The Bertz CT molecular complexity index is 1030. The van der Waals surface area contributed by atoms with Gasteiger partial charge in [0.2, 0.25) is 5.91 Å². The van der Waals surface area contributed by atoms with Crippen LogP contribution in [-0.2, 0) is 9.53 Å². The van der Waals surface area contributed by atoms with E-state index in [0.29, 0.717) is 36.3 Å². The van der Waals surface area contributed by atoms with Gasteiger partial charge in [-0.2, -0.15) is 0 Å². The van der Waals surface area contributed by atoms with Crippen molar-refractivity contribution in [3.63, 3.8) is 0 Å². The molecule has 0 radical (unpaired) electrons. The molecule has 0 aromatic carbocycles. The number of anilines is 2. The largest absolute Gasteiger partial charge is 0.439 e. The number of fused-ring (bicyclic) bond motifs is 1. The number of pyridine rings is 2. The smallest absolute Gasteiger partial charge is 0.228 e. The number of aryl methyl sites for hydroxylation is 1. The zero-order valence-electron chi connectivity index (χ0n) is 17.4. The normalized spacial score (nSPS) is 14.7. The van der Waals surface area contributed by atoms with Gasteiger partial charge in [-0.15, -0.1) is 0 Å². The summed E-state index contributed by atoms with van der Waals surface area (Å²) in [5, 5.41) is 7.20. The molecule has 8 nitrogen and oxygen atoms in total. The van der Waals surface area contributed by atoms with Crippen LogP contribution in [0.25, 0.3) is 22.4 Å². The molecular formula is C22H27N5O3. The number of amides is 1. The topological polar surface area (TPSA) is 102 Å². The molecule has 3 aromatic rings. The summed E-state index contributed by atoms with van der Waals surface area (Å²) in [6.45, 7) is 3.01. The van der Waals surface area contributed by atoms with E-state index in [-0.39, 0.29) is 11.8 Å². The lowest BCUT2D eigenvalue weighted by Gasteiger charge is -2.20. The molecule has 3 aromatic heterocycles. The molecule has 0 atom stereocenters. The molecule has 1 saturated carbocycles. The summed E-state index contributed by atoms with van der Waals surface area (Å²) in [5.74, 6) is 1.80. The molecule has 30 heavy (non-hydrogen) atoms. The second-order valence-corrected chi connectivity index (χ2v) is 7.63. The van der Waals surface area contributed by atoms with Crippen LogP contribution in [0.3, 0.4) is 0 Å². The number of nitrogens with zero attached hydrogens (tertiary/aromatic N) is 3. The Hall–Kier alpha value is -3.00. The lowest BCUT2D eigenvalue weighted by molar-refractivity contribution is -0.120. The van der Waals surface area contributed by atoms with Gasteiger partial charge in [-0.05, 0) is 18.9 Å². The molecule has 3 heterocycles. The van der Waals surface area contributed by atoms with Crippen molar-refractivity contribution < 1.29 is 13.9 Å². The molecule has 0 spiro atoms. The number of aromatic nitrogens is 3. The number of carbonyl (C=O) groups excluding carboxylic acids is 1. The zero-order chi connectivity index (χ0) is 20.9. The SMILES string of the molecule is COCCNc1cc(-c2cnc(C)o2)nc2cc(NC(=O)C3CCCCC3)ncc12. The summed E-state index contributed by atoms with van der Waals surface area (Å²) < 4.78 is 10.8. The summed E-state index contributed by atoms with van der Waals surface area (Å²) in [7, 11) is 1.66. The Balaban J connectivity index is 1.65. The van der Waals surface area contributed by atoms with Crippen molar-refractivity contribution in [2.75, 3.05) is 30.9 Å². The standard InChI is InChI=1S/C22H27N5O3/c1-14-24-13-20(30-14)19-10-17(23-8-9-29-2)16-12-25-21(11-18(16)26-19)27-22(28)15-6-4-3-5-7-15/h10-13,15H,3-9H2,1-2H3,(H,23,26)(H,25,27,28). The highest BCUT2D eigenvalue weighted by Gasteiger charge is 2.21. The van der Waals surface area contributed by atoms with Crippen LogP contribution in [0.4, 0.5) is 11.5 Å². The van der Waals surface area contributed by atoms with Gasteiger partial charge in [0, 0.05) is 49.8 Å². The summed E-state index contributed by atoms with van der Waals surface area (Å²) in [6.07, 6.45) is 8.73. The number of oxazole rings is 1. The third kappa shape index (κ3) is 4.59. The first-order valence-electron chi connectivity index (χ1n) is 10.4. The number of methoxy groups -OCH3 is 1. The van der Waals surface area contributed by atoms with E-state index in [2.05, 4.69) is 20.6 Å². The number of carbonyl (C=O) groups is 1. The van der Waals surface area contributed by atoms with Crippen molar-refractivity contribution in [1.29, 1.82) is 0 Å². The molecule has 0 bridgehead atoms. The van der Waals surface area contributed by atoms with Crippen LogP contribution in [0.5, 0.6) is 0 Å². The molecule has 1 amide bonds. The minimum atomic E-state index is 0.0435. The highest BCUT2D eigenvalue weighted by atomic mass is 16.5. The number of ether oxygens (including phenoxy) is 1. The van der Waals surface area contributed by atoms with Crippen LogP contribution < -0.4 is 10.6 Å². The van der Waals surface area contributed by atoms with Gasteiger partial charge >= 0.3 is 0 Å². The quantitative estimate of drug-likeness (QED) is 0.565. The van der Waals surface area contributed by atoms with Gasteiger partial charge in [0.1, 0.15) is 11.5 Å². The van der Waals surface area contributed by atoms with Crippen LogP contribution in [-0.4, -0.2) is 41.1 Å². The van der Waals surface area contributed by atoms with Gasteiger partial charge in [-0.3, -0.25) is 4.79 Å². The first-order chi connectivity index (χ1) is 14.6. The van der Waals surface area contributed by atoms with Crippen molar-refractivity contribution >= 4 is 28.3 Å². The Morgan fingerprint density at radius 1 is 1.20 bits per heavy atom. The third-order valence-corrected chi connectivity index (χ3v) is 5.42. The molecule has 2 N–H and O–H groups in total. The van der Waals surface area contributed by atoms with Crippen LogP contribution in [0.2, 0.25) is 0 Å². The van der Waals surface area contributed by atoms with E-state index in [1.54, 1.807) is 26.4 Å². The number of rotatable bonds is 7. The van der Waals surface area contributed by atoms with Gasteiger partial charge in [0.15, 0.2) is 11.7 Å². The molecule has 158 valence electrons. The fraction of sp³-hybridized carbons (Fsp3) is 0.455. The van der Waals surface area contributed by atoms with Gasteiger partial charge in [0.25, 0.3) is 0 Å². The predicted molar refractivity (Wildman–Crippen MR) is 115 cm³/mol. The maximum atomic E-state index is 12.6. The third-order valence-electron chi connectivity index (χ3n) is 5.42. The average Bonchev–Trinajstić information content (AvgIpc) is 3.20. The van der Waals surface area contributed by atoms with E-state index in [1.165, 1.54) is 6.42 Å². The summed E-state index contributed by atoms with van der Waals surface area (Å²) in [6, 6.07) is 3.73. The van der Waals surface area contributed by atoms with E-state index in [4.69, 9.17) is 14.1 Å². The molecule has 8 heteroatoms. The summed E-state index contributed by atoms with van der Waals surface area (Å²) >= 11 is 0. The highest BCUT2D eigenvalue weighted by Crippen LogP contribution is 2.30. The zero-order valence-corrected chi connectivity index (χ0v) is 17.4. The van der Waals surface area contributed by atoms with Crippen molar-refractivity contribution in [3.8, 4) is 11.5 Å². The van der Waals surface area contributed by atoms with Gasteiger partial charge in [0.05, 0.1) is 18.3 Å². The maximum absolute atomic E-state index is 12.6. The molecular weight excluding hydrogens is 382 g/mol. The number of nitrogens with one attached hydrogen (secondary N) is 2. The lowest BCUT2D eigenvalue weighted by atomic mass is 9.89. The average molecular weight is 409 g/mol. The van der Waals surface area contributed by atoms with Crippen LogP contribution >= 0.6 is 0 Å². The number of hydrogen-bond acceptors (Lipinski definition) is 7. The molecule has 0 aliphatic heterocycles. The molecule has 1 aliphatic carbocycles. The molecule has 4 rings (SSSR count). The van der Waals surface area contributed by atoms with Gasteiger partial charge < -0.3 is 19.8 Å². The Morgan fingerprint density at radius 2 is 2.03 bits per heavy atom. The summed E-state index contributed by atoms with van der Waals surface area (Å²) in [4.78, 5) is 26.0. The maximum Gasteiger partial charge on any atom is 0.228 e. The van der Waals surface area contributed by atoms with Crippen LogP contribution in [0, 0.1) is 12.8 Å². The van der Waals surface area contributed by atoms with Crippen molar-refractivity contribution in [1.82, 2.24) is 15.0 Å². The van der Waals surface area contributed by atoms with E-state index >= 15 is 0 Å². The molecule has 0 unspecified atom stereocenters. The minimum Gasteiger partial charge on any atom is -0.439 e. The molecule has 1 fully saturated rings. The monoisotopic (exact) mass is 409 g/mol. The fourth-order valence-corrected chi connectivity index (χ4v) is 3.82. The number of hydrogen-bond donors (Lipinski definition) is 2. The Morgan fingerprint density at radius 3 is 2.77 bits per heavy atom. The Kier molecular flexibility index (Phi) is 6.23. The second kappa shape index (κ2) is 9.21. The Labute approximate surface area is 175 Å². The highest BCUT2D eigenvalue weighted by molar-refractivity contribution is 5.97. The minimum absolute atomic E-state index is 0.0435. The predicted octanol–water partition coefficient (Wildman–Crippen LogP) is 4.17. The first kappa shape index (κ1) is 20.3. The van der Waals surface area contributed by atoms with E-state index in [9.17, 15) is 4.79 Å². The van der Waals surface area contributed by atoms with E-state index in [1.807, 2.05) is 12.1 Å². The van der Waals surface area contributed by atoms with Crippen molar-refractivity contribution in [2.45, 2.75) is 39.0 Å². The molecule has 0 saturated heterocycles. The van der Waals surface area contributed by atoms with Crippen molar-refractivity contribution in [3.05, 3.63) is 30.4 Å².